The van der Waals surface area contributed by atoms with Crippen molar-refractivity contribution in [3.63, 3.8) is 0 Å². The molecule has 3 heteroatoms. The predicted molar refractivity (Wildman–Crippen MR) is 101 cm³/mol. The average molecular weight is 332 g/mol. The number of phenolic OH excluding ortho intramolecular Hbond substituents is 1. The SMILES string of the molecule is CCCCCCCCCCC(=O)/C=C/c1ccc(OCC)c(O)c1. The summed E-state index contributed by atoms with van der Waals surface area (Å²) in [7, 11) is 0. The van der Waals surface area contributed by atoms with E-state index < -0.39 is 0 Å². The molecule has 1 aromatic carbocycles. The lowest BCUT2D eigenvalue weighted by Crippen LogP contribution is -1.93. The van der Waals surface area contributed by atoms with Gasteiger partial charge in [0.1, 0.15) is 0 Å². The smallest absolute Gasteiger partial charge is 0.160 e. The first-order valence-corrected chi connectivity index (χ1v) is 9.34. The molecule has 0 aliphatic carbocycles. The van der Waals surface area contributed by atoms with E-state index in [1.807, 2.05) is 13.0 Å². The minimum Gasteiger partial charge on any atom is -0.504 e. The van der Waals surface area contributed by atoms with Gasteiger partial charge in [-0.2, -0.15) is 0 Å². The van der Waals surface area contributed by atoms with Crippen molar-refractivity contribution < 1.29 is 14.6 Å². The molecule has 0 atom stereocenters. The van der Waals surface area contributed by atoms with E-state index in [1.165, 1.54) is 38.5 Å². The van der Waals surface area contributed by atoms with Gasteiger partial charge in [-0.3, -0.25) is 4.79 Å². The van der Waals surface area contributed by atoms with Crippen molar-refractivity contribution >= 4 is 11.9 Å². The molecular formula is C21H32O3. The summed E-state index contributed by atoms with van der Waals surface area (Å²) in [4.78, 5) is 11.9. The average Bonchev–Trinajstić information content (AvgIpc) is 2.57. The standard InChI is InChI=1S/C21H32O3/c1-3-5-6-7-8-9-10-11-12-19(22)15-13-18-14-16-21(24-4-2)20(23)17-18/h13-17,23H,3-12H2,1-2H3/b15-13+. The van der Waals surface area contributed by atoms with Gasteiger partial charge in [-0.25, -0.2) is 0 Å². The molecule has 0 aliphatic heterocycles. The Kier molecular flexibility index (Phi) is 10.7. The zero-order valence-corrected chi connectivity index (χ0v) is 15.2. The maximum absolute atomic E-state index is 11.9. The molecule has 0 saturated heterocycles. The number of carbonyl (C=O) groups is 1. The summed E-state index contributed by atoms with van der Waals surface area (Å²) in [6, 6.07) is 5.18. The molecule has 0 unspecified atom stereocenters. The molecule has 1 rings (SSSR count). The normalized spacial score (nSPS) is 11.1. The highest BCUT2D eigenvalue weighted by Gasteiger charge is 2.02. The van der Waals surface area contributed by atoms with Crippen molar-refractivity contribution in [1.29, 1.82) is 0 Å². The molecular weight excluding hydrogens is 300 g/mol. The van der Waals surface area contributed by atoms with E-state index in [-0.39, 0.29) is 11.5 Å². The van der Waals surface area contributed by atoms with Crippen LogP contribution in [0.5, 0.6) is 11.5 Å². The monoisotopic (exact) mass is 332 g/mol. The van der Waals surface area contributed by atoms with Gasteiger partial charge in [0, 0.05) is 6.42 Å². The van der Waals surface area contributed by atoms with Gasteiger partial charge >= 0.3 is 0 Å². The number of phenols is 1. The van der Waals surface area contributed by atoms with Crippen molar-refractivity contribution in [2.45, 2.75) is 71.6 Å². The molecule has 24 heavy (non-hydrogen) atoms. The van der Waals surface area contributed by atoms with Crippen molar-refractivity contribution in [2.24, 2.45) is 0 Å². The molecule has 1 N–H and O–H groups in total. The highest BCUT2D eigenvalue weighted by atomic mass is 16.5. The minimum atomic E-state index is 0.106. The molecule has 0 amide bonds. The van der Waals surface area contributed by atoms with Gasteiger partial charge in [-0.1, -0.05) is 64.0 Å². The number of hydrogen-bond donors (Lipinski definition) is 1. The number of unbranched alkanes of at least 4 members (excludes halogenated alkanes) is 7. The Labute approximate surface area is 146 Å². The molecule has 0 fully saturated rings. The Bertz CT molecular complexity index is 506. The van der Waals surface area contributed by atoms with Crippen LogP contribution in [0.4, 0.5) is 0 Å². The Morgan fingerprint density at radius 2 is 1.71 bits per heavy atom. The maximum Gasteiger partial charge on any atom is 0.160 e. The van der Waals surface area contributed by atoms with Crippen molar-refractivity contribution in [1.82, 2.24) is 0 Å². The zero-order chi connectivity index (χ0) is 17.6. The largest absolute Gasteiger partial charge is 0.504 e. The zero-order valence-electron chi connectivity index (χ0n) is 15.2. The number of allylic oxidation sites excluding steroid dienone is 1. The fraction of sp³-hybridized carbons (Fsp3) is 0.571. The third-order valence-corrected chi connectivity index (χ3v) is 4.02. The lowest BCUT2D eigenvalue weighted by molar-refractivity contribution is -0.114. The summed E-state index contributed by atoms with van der Waals surface area (Å²) in [6.07, 6.45) is 13.9. The number of carbonyl (C=O) groups excluding carboxylic acids is 1. The van der Waals surface area contributed by atoms with Gasteiger partial charge in [-0.05, 0) is 37.1 Å². The van der Waals surface area contributed by atoms with Crippen LogP contribution in [0, 0.1) is 0 Å². The molecule has 1 aromatic rings. The third kappa shape index (κ3) is 8.76. The van der Waals surface area contributed by atoms with Crippen LogP contribution >= 0.6 is 0 Å². The first-order chi connectivity index (χ1) is 11.7. The highest BCUT2D eigenvalue weighted by Crippen LogP contribution is 2.27. The van der Waals surface area contributed by atoms with Crippen LogP contribution in [-0.4, -0.2) is 17.5 Å². The van der Waals surface area contributed by atoms with Gasteiger partial charge in [0.05, 0.1) is 6.61 Å². The quantitative estimate of drug-likeness (QED) is 0.361. The van der Waals surface area contributed by atoms with E-state index in [0.717, 1.165) is 18.4 Å². The predicted octanol–water partition coefficient (Wildman–Crippen LogP) is 5.90. The molecule has 0 saturated carbocycles. The summed E-state index contributed by atoms with van der Waals surface area (Å²) >= 11 is 0. The lowest BCUT2D eigenvalue weighted by Gasteiger charge is -2.05. The Balaban J connectivity index is 2.22. The van der Waals surface area contributed by atoms with Gasteiger partial charge in [-0.15, -0.1) is 0 Å². The molecule has 0 aliphatic rings. The Morgan fingerprint density at radius 1 is 1.04 bits per heavy atom. The summed E-state index contributed by atoms with van der Waals surface area (Å²) < 4.78 is 5.28. The van der Waals surface area contributed by atoms with Crippen LogP contribution in [-0.2, 0) is 4.79 Å². The van der Waals surface area contributed by atoms with Gasteiger partial charge in [0.2, 0.25) is 0 Å². The van der Waals surface area contributed by atoms with Crippen LogP contribution in [0.15, 0.2) is 24.3 Å². The third-order valence-electron chi connectivity index (χ3n) is 4.02. The van der Waals surface area contributed by atoms with E-state index in [0.29, 0.717) is 18.8 Å². The molecule has 0 spiro atoms. The molecule has 0 aromatic heterocycles. The van der Waals surface area contributed by atoms with Gasteiger partial charge in [0.25, 0.3) is 0 Å². The number of aromatic hydroxyl groups is 1. The van der Waals surface area contributed by atoms with E-state index in [1.54, 1.807) is 24.3 Å². The van der Waals surface area contributed by atoms with Crippen LogP contribution in [0.1, 0.15) is 77.2 Å². The van der Waals surface area contributed by atoms with E-state index in [2.05, 4.69) is 6.92 Å². The van der Waals surface area contributed by atoms with E-state index in [4.69, 9.17) is 4.74 Å². The first kappa shape index (κ1) is 20.3. The van der Waals surface area contributed by atoms with Crippen molar-refractivity contribution in [2.75, 3.05) is 6.61 Å². The fourth-order valence-corrected chi connectivity index (χ4v) is 2.62. The number of rotatable bonds is 13. The Morgan fingerprint density at radius 3 is 2.33 bits per heavy atom. The lowest BCUT2D eigenvalue weighted by atomic mass is 10.1. The van der Waals surface area contributed by atoms with Crippen LogP contribution in [0.3, 0.4) is 0 Å². The molecule has 0 heterocycles. The number of benzene rings is 1. The first-order valence-electron chi connectivity index (χ1n) is 9.34. The highest BCUT2D eigenvalue weighted by molar-refractivity contribution is 5.93. The summed E-state index contributed by atoms with van der Waals surface area (Å²) in [5, 5.41) is 9.82. The van der Waals surface area contributed by atoms with Crippen molar-refractivity contribution in [3.8, 4) is 11.5 Å². The second-order valence-electron chi connectivity index (χ2n) is 6.18. The van der Waals surface area contributed by atoms with Crippen LogP contribution < -0.4 is 4.74 Å². The molecule has 134 valence electrons. The van der Waals surface area contributed by atoms with Crippen LogP contribution in [0.2, 0.25) is 0 Å². The second kappa shape index (κ2) is 12.6. The van der Waals surface area contributed by atoms with E-state index in [9.17, 15) is 9.90 Å². The van der Waals surface area contributed by atoms with Gasteiger partial charge < -0.3 is 9.84 Å². The fourth-order valence-electron chi connectivity index (χ4n) is 2.62. The number of ether oxygens (including phenoxy) is 1. The molecule has 3 nitrogen and oxygen atoms in total. The molecule has 0 bridgehead atoms. The topological polar surface area (TPSA) is 46.5 Å². The summed E-state index contributed by atoms with van der Waals surface area (Å²) in [5.41, 5.74) is 0.806. The van der Waals surface area contributed by atoms with E-state index >= 15 is 0 Å². The molecule has 0 radical (unpaired) electrons. The van der Waals surface area contributed by atoms with Crippen molar-refractivity contribution in [3.05, 3.63) is 29.8 Å². The van der Waals surface area contributed by atoms with Gasteiger partial charge in [0.15, 0.2) is 17.3 Å². The second-order valence-corrected chi connectivity index (χ2v) is 6.18. The maximum atomic E-state index is 11.9. The number of ketones is 1. The number of hydrogen-bond acceptors (Lipinski definition) is 3. The minimum absolute atomic E-state index is 0.106. The summed E-state index contributed by atoms with van der Waals surface area (Å²) in [6.45, 7) is 4.62. The Hall–Kier alpha value is -1.77. The summed E-state index contributed by atoms with van der Waals surface area (Å²) in [5.74, 6) is 0.726. The van der Waals surface area contributed by atoms with Crippen LogP contribution in [0.25, 0.3) is 6.08 Å².